The summed E-state index contributed by atoms with van der Waals surface area (Å²) in [7, 11) is 0. The maximum absolute atomic E-state index is 12.0. The van der Waals surface area contributed by atoms with E-state index in [1.807, 2.05) is 13.0 Å². The number of Topliss-reactive ketones (excluding diaryl/α,β-unsaturated/α-hetero) is 1. The van der Waals surface area contributed by atoms with E-state index in [0.29, 0.717) is 18.4 Å². The summed E-state index contributed by atoms with van der Waals surface area (Å²) in [5.74, 6) is 0.764. The standard InChI is InChI=1S/C12H14Br2O2S/c1-2-16-8-3-7(4-8)5-10(15)11-6-9(13)12(14)17-11/h6-8H,2-5H2,1H3. The second-order valence-corrected chi connectivity index (χ2v) is 7.50. The van der Waals surface area contributed by atoms with Crippen molar-refractivity contribution in [1.82, 2.24) is 0 Å². The lowest BCUT2D eigenvalue weighted by Gasteiger charge is -2.34. The number of thiophene rings is 1. The van der Waals surface area contributed by atoms with Crippen LogP contribution in [0, 0.1) is 5.92 Å². The van der Waals surface area contributed by atoms with Crippen LogP contribution in [0.5, 0.6) is 0 Å². The summed E-state index contributed by atoms with van der Waals surface area (Å²) < 4.78 is 7.45. The van der Waals surface area contributed by atoms with Crippen molar-refractivity contribution in [2.24, 2.45) is 5.92 Å². The number of rotatable bonds is 5. The van der Waals surface area contributed by atoms with Gasteiger partial charge >= 0.3 is 0 Å². The highest BCUT2D eigenvalue weighted by atomic mass is 79.9. The topological polar surface area (TPSA) is 26.3 Å². The lowest BCUT2D eigenvalue weighted by molar-refractivity contribution is -0.0245. The Morgan fingerprint density at radius 2 is 2.24 bits per heavy atom. The molecular formula is C12H14Br2O2S. The molecule has 1 aliphatic rings. The van der Waals surface area contributed by atoms with Gasteiger partial charge in [-0.2, -0.15) is 0 Å². The van der Waals surface area contributed by atoms with Gasteiger partial charge < -0.3 is 4.74 Å². The van der Waals surface area contributed by atoms with Crippen LogP contribution in [0.15, 0.2) is 14.3 Å². The van der Waals surface area contributed by atoms with Gasteiger partial charge in [0.05, 0.1) is 14.8 Å². The third-order valence-electron chi connectivity index (χ3n) is 2.99. The SMILES string of the molecule is CCOC1CC(CC(=O)c2cc(Br)c(Br)s2)C1. The largest absolute Gasteiger partial charge is 0.378 e. The van der Waals surface area contributed by atoms with Crippen LogP contribution in [-0.4, -0.2) is 18.5 Å². The van der Waals surface area contributed by atoms with Gasteiger partial charge in [0.15, 0.2) is 5.78 Å². The molecule has 2 rings (SSSR count). The van der Waals surface area contributed by atoms with Gasteiger partial charge in [0.1, 0.15) is 0 Å². The van der Waals surface area contributed by atoms with Gasteiger partial charge in [-0.1, -0.05) is 0 Å². The predicted molar refractivity (Wildman–Crippen MR) is 76.8 cm³/mol. The Balaban J connectivity index is 1.83. The van der Waals surface area contributed by atoms with E-state index in [9.17, 15) is 4.79 Å². The number of carbonyl (C=O) groups excluding carboxylic acids is 1. The van der Waals surface area contributed by atoms with E-state index in [2.05, 4.69) is 31.9 Å². The first-order valence-corrected chi connectivity index (χ1v) is 8.10. The first-order valence-electron chi connectivity index (χ1n) is 5.69. The Labute approximate surface area is 122 Å². The molecular weight excluding hydrogens is 368 g/mol. The van der Waals surface area contributed by atoms with E-state index in [1.165, 1.54) is 11.3 Å². The molecule has 0 N–H and O–H groups in total. The highest BCUT2D eigenvalue weighted by molar-refractivity contribution is 9.13. The minimum atomic E-state index is 0.251. The lowest BCUT2D eigenvalue weighted by Crippen LogP contribution is -2.32. The van der Waals surface area contributed by atoms with Gasteiger partial charge in [-0.05, 0) is 63.6 Å². The molecule has 17 heavy (non-hydrogen) atoms. The zero-order valence-electron chi connectivity index (χ0n) is 9.54. The second kappa shape index (κ2) is 5.95. The second-order valence-electron chi connectivity index (χ2n) is 4.27. The van der Waals surface area contributed by atoms with Crippen LogP contribution >= 0.6 is 43.2 Å². The Kier molecular flexibility index (Phi) is 4.80. The van der Waals surface area contributed by atoms with Crippen molar-refractivity contribution in [1.29, 1.82) is 0 Å². The van der Waals surface area contributed by atoms with Crippen LogP contribution < -0.4 is 0 Å². The van der Waals surface area contributed by atoms with Crippen molar-refractivity contribution in [3.05, 3.63) is 19.2 Å². The molecule has 0 amide bonds. The average Bonchev–Trinajstić information content (AvgIpc) is 2.56. The summed E-state index contributed by atoms with van der Waals surface area (Å²) in [5.41, 5.74) is 0. The van der Waals surface area contributed by atoms with Gasteiger partial charge in [0, 0.05) is 17.5 Å². The Hall–Kier alpha value is 0.290. The zero-order valence-corrected chi connectivity index (χ0v) is 13.5. The van der Waals surface area contributed by atoms with Crippen molar-refractivity contribution < 1.29 is 9.53 Å². The molecule has 0 atom stereocenters. The molecule has 1 fully saturated rings. The van der Waals surface area contributed by atoms with Crippen molar-refractivity contribution >= 4 is 49.0 Å². The van der Waals surface area contributed by atoms with E-state index in [4.69, 9.17) is 4.74 Å². The maximum atomic E-state index is 12.0. The van der Waals surface area contributed by atoms with Crippen molar-refractivity contribution in [2.45, 2.75) is 32.3 Å². The highest BCUT2D eigenvalue weighted by Gasteiger charge is 2.31. The fraction of sp³-hybridized carbons (Fsp3) is 0.583. The molecule has 1 heterocycles. The van der Waals surface area contributed by atoms with Gasteiger partial charge in [-0.15, -0.1) is 11.3 Å². The van der Waals surface area contributed by atoms with Gasteiger partial charge in [-0.25, -0.2) is 0 Å². The summed E-state index contributed by atoms with van der Waals surface area (Å²) in [5, 5.41) is 0. The summed E-state index contributed by atoms with van der Waals surface area (Å²) in [6.45, 7) is 2.79. The van der Waals surface area contributed by atoms with Crippen LogP contribution in [0.25, 0.3) is 0 Å². The van der Waals surface area contributed by atoms with Crippen LogP contribution in [-0.2, 0) is 4.74 Å². The molecule has 1 saturated carbocycles. The van der Waals surface area contributed by atoms with Crippen molar-refractivity contribution in [3.8, 4) is 0 Å². The molecule has 0 unspecified atom stereocenters. The van der Waals surface area contributed by atoms with E-state index >= 15 is 0 Å². The summed E-state index contributed by atoms with van der Waals surface area (Å²) in [6.07, 6.45) is 3.11. The van der Waals surface area contributed by atoms with Crippen LogP contribution in [0.3, 0.4) is 0 Å². The quantitative estimate of drug-likeness (QED) is 0.693. The first kappa shape index (κ1) is 13.7. The fourth-order valence-electron chi connectivity index (χ4n) is 2.06. The molecule has 94 valence electrons. The number of halogens is 2. The first-order chi connectivity index (χ1) is 8.10. The summed E-state index contributed by atoms with van der Waals surface area (Å²) >= 11 is 8.31. The molecule has 0 aromatic carbocycles. The molecule has 2 nitrogen and oxygen atoms in total. The summed E-state index contributed by atoms with van der Waals surface area (Å²) in [4.78, 5) is 12.8. The maximum Gasteiger partial charge on any atom is 0.173 e. The minimum Gasteiger partial charge on any atom is -0.378 e. The molecule has 1 aromatic rings. The molecule has 1 aliphatic carbocycles. The average molecular weight is 382 g/mol. The number of ketones is 1. The minimum absolute atomic E-state index is 0.251. The fourth-order valence-corrected chi connectivity index (χ4v) is 4.04. The number of carbonyl (C=O) groups is 1. The molecule has 0 spiro atoms. The van der Waals surface area contributed by atoms with Gasteiger partial charge in [0.2, 0.25) is 0 Å². The molecule has 0 aliphatic heterocycles. The van der Waals surface area contributed by atoms with E-state index in [-0.39, 0.29) is 5.78 Å². The van der Waals surface area contributed by atoms with E-state index < -0.39 is 0 Å². The van der Waals surface area contributed by atoms with Crippen molar-refractivity contribution in [3.63, 3.8) is 0 Å². The van der Waals surface area contributed by atoms with Gasteiger partial charge in [-0.3, -0.25) is 4.79 Å². The molecule has 0 radical (unpaired) electrons. The highest BCUT2D eigenvalue weighted by Crippen LogP contribution is 2.37. The van der Waals surface area contributed by atoms with E-state index in [0.717, 1.165) is 32.6 Å². The van der Waals surface area contributed by atoms with Crippen LogP contribution in [0.1, 0.15) is 35.9 Å². The van der Waals surface area contributed by atoms with Crippen LogP contribution in [0.4, 0.5) is 0 Å². The predicted octanol–water partition coefficient (Wildman–Crippen LogP) is 4.66. The third-order valence-corrected chi connectivity index (χ3v) is 6.29. The Morgan fingerprint density at radius 3 is 2.76 bits per heavy atom. The van der Waals surface area contributed by atoms with Crippen molar-refractivity contribution in [2.75, 3.05) is 6.61 Å². The summed E-state index contributed by atoms with van der Waals surface area (Å²) in [6, 6.07) is 1.90. The third kappa shape index (κ3) is 3.40. The molecule has 5 heteroatoms. The number of ether oxygens (including phenoxy) is 1. The Bertz CT molecular complexity index is 391. The lowest BCUT2D eigenvalue weighted by atomic mass is 9.79. The zero-order chi connectivity index (χ0) is 12.4. The van der Waals surface area contributed by atoms with Gasteiger partial charge in [0.25, 0.3) is 0 Å². The molecule has 0 bridgehead atoms. The van der Waals surface area contributed by atoms with E-state index in [1.54, 1.807) is 0 Å². The number of hydrogen-bond donors (Lipinski definition) is 0. The number of hydrogen-bond acceptors (Lipinski definition) is 3. The molecule has 0 saturated heterocycles. The smallest absolute Gasteiger partial charge is 0.173 e. The molecule has 1 aromatic heterocycles. The van der Waals surface area contributed by atoms with Crippen LogP contribution in [0.2, 0.25) is 0 Å². The Morgan fingerprint density at radius 1 is 1.53 bits per heavy atom. The monoisotopic (exact) mass is 380 g/mol. The normalized spacial score (nSPS) is 23.5.